The monoisotopic (exact) mass is 205 g/mol. The van der Waals surface area contributed by atoms with Crippen LogP contribution in [-0.4, -0.2) is 25.8 Å². The van der Waals surface area contributed by atoms with E-state index >= 15 is 0 Å². The summed E-state index contributed by atoms with van der Waals surface area (Å²) in [5, 5.41) is 13.7. The van der Waals surface area contributed by atoms with Gasteiger partial charge >= 0.3 is 0 Å². The largest absolute Gasteiger partial charge is 0.393 e. The molecule has 2 heterocycles. The third-order valence-electron chi connectivity index (χ3n) is 2.38. The number of hydrogen-bond donors (Lipinski definition) is 1. The van der Waals surface area contributed by atoms with Crippen LogP contribution in [0.4, 0.5) is 0 Å². The maximum absolute atomic E-state index is 9.66. The topological polar surface area (TPSA) is 50.4 Å². The van der Waals surface area contributed by atoms with E-state index in [0.29, 0.717) is 6.42 Å². The molecule has 4 nitrogen and oxygen atoms in total. The molecule has 0 aromatic carbocycles. The van der Waals surface area contributed by atoms with Crippen LogP contribution in [0.1, 0.15) is 25.5 Å². The number of hydrogen-bond acceptors (Lipinski definition) is 3. The summed E-state index contributed by atoms with van der Waals surface area (Å²) in [4.78, 5) is 4.40. The van der Waals surface area contributed by atoms with Gasteiger partial charge in [0.25, 0.3) is 0 Å². The van der Waals surface area contributed by atoms with Gasteiger partial charge in [-0.3, -0.25) is 0 Å². The van der Waals surface area contributed by atoms with Gasteiger partial charge in [0.1, 0.15) is 0 Å². The van der Waals surface area contributed by atoms with E-state index in [0.717, 1.165) is 24.2 Å². The van der Waals surface area contributed by atoms with E-state index in [4.69, 9.17) is 0 Å². The van der Waals surface area contributed by atoms with Gasteiger partial charge in [-0.05, 0) is 12.5 Å². The molecule has 0 saturated carbocycles. The van der Waals surface area contributed by atoms with Crippen molar-refractivity contribution in [3.05, 3.63) is 30.2 Å². The van der Waals surface area contributed by atoms with Gasteiger partial charge in [0, 0.05) is 24.4 Å². The molecule has 0 aliphatic carbocycles. The summed E-state index contributed by atoms with van der Waals surface area (Å²) in [6.07, 6.45) is 5.75. The highest BCUT2D eigenvalue weighted by Crippen LogP contribution is 2.06. The number of aromatic nitrogens is 3. The molecule has 1 unspecified atom stereocenters. The van der Waals surface area contributed by atoms with Crippen molar-refractivity contribution < 1.29 is 5.11 Å². The number of aliphatic hydroxyl groups excluding tert-OH is 1. The maximum atomic E-state index is 9.66. The van der Waals surface area contributed by atoms with E-state index in [2.05, 4.69) is 17.0 Å². The van der Waals surface area contributed by atoms with Crippen LogP contribution in [0, 0.1) is 0 Å². The van der Waals surface area contributed by atoms with Gasteiger partial charge in [-0.1, -0.05) is 13.3 Å². The van der Waals surface area contributed by atoms with Crippen LogP contribution in [0.15, 0.2) is 24.5 Å². The number of rotatable bonds is 4. The molecule has 0 saturated heterocycles. The van der Waals surface area contributed by atoms with Crippen LogP contribution in [0.3, 0.4) is 0 Å². The highest BCUT2D eigenvalue weighted by molar-refractivity contribution is 5.36. The summed E-state index contributed by atoms with van der Waals surface area (Å²) < 4.78 is 1.72. The van der Waals surface area contributed by atoms with Crippen molar-refractivity contribution in [1.29, 1.82) is 0 Å². The Kier molecular flexibility index (Phi) is 2.97. The van der Waals surface area contributed by atoms with Crippen molar-refractivity contribution >= 4 is 5.65 Å². The zero-order chi connectivity index (χ0) is 10.7. The summed E-state index contributed by atoms with van der Waals surface area (Å²) in [6, 6.07) is 3.76. The fourth-order valence-electron chi connectivity index (χ4n) is 1.64. The molecule has 0 fully saturated rings. The molecular weight excluding hydrogens is 190 g/mol. The lowest BCUT2D eigenvalue weighted by Crippen LogP contribution is -2.11. The van der Waals surface area contributed by atoms with Crippen LogP contribution in [-0.2, 0) is 6.42 Å². The number of nitrogens with zero attached hydrogens (tertiary/aromatic N) is 3. The van der Waals surface area contributed by atoms with Crippen LogP contribution >= 0.6 is 0 Å². The molecule has 1 N–H and O–H groups in total. The summed E-state index contributed by atoms with van der Waals surface area (Å²) in [7, 11) is 0. The normalized spacial score (nSPS) is 13.2. The van der Waals surface area contributed by atoms with Gasteiger partial charge in [0.05, 0.1) is 12.3 Å². The van der Waals surface area contributed by atoms with Crippen molar-refractivity contribution in [2.24, 2.45) is 0 Å². The minimum atomic E-state index is -0.284. The third-order valence-corrected chi connectivity index (χ3v) is 2.38. The van der Waals surface area contributed by atoms with Crippen molar-refractivity contribution in [2.45, 2.75) is 32.3 Å². The predicted molar refractivity (Wildman–Crippen MR) is 57.6 cm³/mol. The summed E-state index contributed by atoms with van der Waals surface area (Å²) in [5.41, 5.74) is 1.75. The zero-order valence-corrected chi connectivity index (χ0v) is 8.80. The van der Waals surface area contributed by atoms with Gasteiger partial charge in [-0.25, -0.2) is 9.50 Å². The molecule has 2 aromatic rings. The molecule has 15 heavy (non-hydrogen) atoms. The van der Waals surface area contributed by atoms with Crippen LogP contribution < -0.4 is 0 Å². The quantitative estimate of drug-likeness (QED) is 0.821. The fourth-order valence-corrected chi connectivity index (χ4v) is 1.64. The van der Waals surface area contributed by atoms with Gasteiger partial charge in [-0.15, -0.1) is 0 Å². The molecule has 0 radical (unpaired) electrons. The van der Waals surface area contributed by atoms with Gasteiger partial charge in [-0.2, -0.15) is 5.10 Å². The molecule has 0 amide bonds. The van der Waals surface area contributed by atoms with E-state index < -0.39 is 0 Å². The summed E-state index contributed by atoms with van der Waals surface area (Å²) in [6.45, 7) is 2.07. The Morgan fingerprint density at radius 1 is 1.47 bits per heavy atom. The number of fused-ring (bicyclic) bond motifs is 1. The molecule has 0 bridgehead atoms. The first-order valence-corrected chi connectivity index (χ1v) is 5.27. The van der Waals surface area contributed by atoms with Crippen LogP contribution in [0.25, 0.3) is 5.65 Å². The second kappa shape index (κ2) is 4.40. The molecule has 80 valence electrons. The van der Waals surface area contributed by atoms with Crippen LogP contribution in [0.2, 0.25) is 0 Å². The highest BCUT2D eigenvalue weighted by atomic mass is 16.3. The first kappa shape index (κ1) is 10.1. The molecule has 2 aromatic heterocycles. The Morgan fingerprint density at radius 2 is 2.33 bits per heavy atom. The first-order chi connectivity index (χ1) is 7.29. The third kappa shape index (κ3) is 2.33. The molecule has 0 spiro atoms. The van der Waals surface area contributed by atoms with Gasteiger partial charge < -0.3 is 5.11 Å². The minimum absolute atomic E-state index is 0.284. The molecule has 0 aliphatic rings. The Bertz CT molecular complexity index is 438. The van der Waals surface area contributed by atoms with Gasteiger partial charge in [0.15, 0.2) is 5.65 Å². The second-order valence-corrected chi connectivity index (χ2v) is 3.70. The lowest BCUT2D eigenvalue weighted by Gasteiger charge is -2.08. The SMILES string of the molecule is CCCC(O)Cc1ccn2nccc2n1. The highest BCUT2D eigenvalue weighted by Gasteiger charge is 2.06. The van der Waals surface area contributed by atoms with E-state index in [1.807, 2.05) is 18.3 Å². The first-order valence-electron chi connectivity index (χ1n) is 5.27. The Labute approximate surface area is 88.6 Å². The Morgan fingerprint density at radius 3 is 3.13 bits per heavy atom. The molecule has 2 rings (SSSR count). The molecule has 0 aliphatic heterocycles. The lowest BCUT2D eigenvalue weighted by molar-refractivity contribution is 0.163. The van der Waals surface area contributed by atoms with Crippen molar-refractivity contribution in [2.75, 3.05) is 0 Å². The maximum Gasteiger partial charge on any atom is 0.155 e. The van der Waals surface area contributed by atoms with Crippen LogP contribution in [0.5, 0.6) is 0 Å². The zero-order valence-electron chi connectivity index (χ0n) is 8.80. The lowest BCUT2D eigenvalue weighted by atomic mass is 10.1. The smallest absolute Gasteiger partial charge is 0.155 e. The van der Waals surface area contributed by atoms with E-state index in [9.17, 15) is 5.11 Å². The minimum Gasteiger partial charge on any atom is -0.393 e. The standard InChI is InChI=1S/C11H15N3O/c1-2-3-10(15)8-9-5-7-14-11(13-9)4-6-12-14/h4-7,10,15H,2-3,8H2,1H3. The molecule has 1 atom stereocenters. The van der Waals surface area contributed by atoms with E-state index in [-0.39, 0.29) is 6.10 Å². The summed E-state index contributed by atoms with van der Waals surface area (Å²) in [5.74, 6) is 0. The van der Waals surface area contributed by atoms with Crippen molar-refractivity contribution in [3.63, 3.8) is 0 Å². The van der Waals surface area contributed by atoms with Gasteiger partial charge in [0.2, 0.25) is 0 Å². The average Bonchev–Trinajstić information content (AvgIpc) is 2.65. The fraction of sp³-hybridized carbons (Fsp3) is 0.455. The molecular formula is C11H15N3O. The van der Waals surface area contributed by atoms with E-state index in [1.54, 1.807) is 10.7 Å². The Balaban J connectivity index is 2.14. The average molecular weight is 205 g/mol. The summed E-state index contributed by atoms with van der Waals surface area (Å²) >= 11 is 0. The van der Waals surface area contributed by atoms with E-state index in [1.165, 1.54) is 0 Å². The number of aliphatic hydroxyl groups is 1. The van der Waals surface area contributed by atoms with Crippen molar-refractivity contribution in [1.82, 2.24) is 14.6 Å². The predicted octanol–water partition coefficient (Wildman–Crippen LogP) is 1.43. The molecule has 4 heteroatoms. The second-order valence-electron chi connectivity index (χ2n) is 3.70. The Hall–Kier alpha value is -1.42. The van der Waals surface area contributed by atoms with Crippen molar-refractivity contribution in [3.8, 4) is 0 Å².